The van der Waals surface area contributed by atoms with Gasteiger partial charge in [-0.25, -0.2) is 4.39 Å². The van der Waals surface area contributed by atoms with Crippen LogP contribution in [0.1, 0.15) is 36.5 Å². The van der Waals surface area contributed by atoms with E-state index in [4.69, 9.17) is 4.74 Å². The summed E-state index contributed by atoms with van der Waals surface area (Å²) in [6.07, 6.45) is 3.56. The van der Waals surface area contributed by atoms with E-state index in [0.29, 0.717) is 12.1 Å². The van der Waals surface area contributed by atoms with Crippen LogP contribution in [-0.2, 0) is 19.6 Å². The molecule has 3 aromatic carbocycles. The fourth-order valence-corrected chi connectivity index (χ4v) is 2.93. The normalized spacial score (nSPS) is 10.6. The summed E-state index contributed by atoms with van der Waals surface area (Å²) in [5.41, 5.74) is 4.06. The minimum atomic E-state index is -0.240. The Morgan fingerprint density at radius 1 is 0.852 bits per heavy atom. The number of aryl methyl sites for hydroxylation is 1. The molecule has 0 aliphatic carbocycles. The first-order valence-electron chi connectivity index (χ1n) is 9.53. The Labute approximate surface area is 161 Å². The fourth-order valence-electron chi connectivity index (χ4n) is 2.93. The summed E-state index contributed by atoms with van der Waals surface area (Å²) in [4.78, 5) is 0. The molecule has 0 aliphatic rings. The Bertz CT molecular complexity index is 845. The zero-order valence-corrected chi connectivity index (χ0v) is 15.7. The standard InChI is InChI=1S/C24H26FNO/c1-2-3-8-19-13-15-22(16-14-19)26-17-20-9-5-7-12-24(20)27-18-21-10-4-6-11-23(21)25/h4-7,9-16,26H,2-3,8,17-18H2,1H3. The SMILES string of the molecule is CCCCc1ccc(NCc2ccccc2OCc2ccccc2F)cc1. The van der Waals surface area contributed by atoms with E-state index in [1.54, 1.807) is 12.1 Å². The van der Waals surface area contributed by atoms with Gasteiger partial charge in [0, 0.05) is 23.4 Å². The van der Waals surface area contributed by atoms with Gasteiger partial charge in [-0.2, -0.15) is 0 Å². The summed E-state index contributed by atoms with van der Waals surface area (Å²) in [7, 11) is 0. The van der Waals surface area contributed by atoms with Crippen molar-refractivity contribution in [2.75, 3.05) is 5.32 Å². The molecular weight excluding hydrogens is 337 g/mol. The first-order valence-corrected chi connectivity index (χ1v) is 9.53. The van der Waals surface area contributed by atoms with E-state index in [2.05, 4.69) is 36.5 Å². The lowest BCUT2D eigenvalue weighted by molar-refractivity contribution is 0.297. The first-order chi connectivity index (χ1) is 13.3. The summed E-state index contributed by atoms with van der Waals surface area (Å²) in [5.74, 6) is 0.532. The number of unbranched alkanes of at least 4 members (excludes halogenated alkanes) is 1. The second kappa shape index (κ2) is 9.77. The van der Waals surface area contributed by atoms with Gasteiger partial charge in [0.2, 0.25) is 0 Å². The second-order valence-electron chi connectivity index (χ2n) is 6.64. The monoisotopic (exact) mass is 363 g/mol. The van der Waals surface area contributed by atoms with Crippen LogP contribution in [0.15, 0.2) is 72.8 Å². The third-order valence-corrected chi connectivity index (χ3v) is 4.57. The molecule has 140 valence electrons. The summed E-state index contributed by atoms with van der Waals surface area (Å²) in [5, 5.41) is 3.44. The third kappa shape index (κ3) is 5.58. The summed E-state index contributed by atoms with van der Waals surface area (Å²) in [6, 6.07) is 23.2. The van der Waals surface area contributed by atoms with Crippen LogP contribution in [0.4, 0.5) is 10.1 Å². The molecule has 0 unspecified atom stereocenters. The van der Waals surface area contributed by atoms with Crippen LogP contribution in [0, 0.1) is 5.82 Å². The Morgan fingerprint density at radius 2 is 1.56 bits per heavy atom. The minimum Gasteiger partial charge on any atom is -0.488 e. The van der Waals surface area contributed by atoms with Crippen LogP contribution >= 0.6 is 0 Å². The number of hydrogen-bond acceptors (Lipinski definition) is 2. The molecular formula is C24H26FNO. The molecule has 3 aromatic rings. The highest BCUT2D eigenvalue weighted by molar-refractivity contribution is 5.46. The van der Waals surface area contributed by atoms with E-state index in [1.165, 1.54) is 24.5 Å². The highest BCUT2D eigenvalue weighted by atomic mass is 19.1. The molecule has 1 N–H and O–H groups in total. The number of benzene rings is 3. The molecule has 27 heavy (non-hydrogen) atoms. The molecule has 3 heteroatoms. The van der Waals surface area contributed by atoms with Crippen molar-refractivity contribution >= 4 is 5.69 Å². The molecule has 0 fully saturated rings. The Kier molecular flexibility index (Phi) is 6.86. The number of hydrogen-bond donors (Lipinski definition) is 1. The van der Waals surface area contributed by atoms with Gasteiger partial charge in [0.1, 0.15) is 18.2 Å². The average molecular weight is 363 g/mol. The molecule has 0 atom stereocenters. The molecule has 0 spiro atoms. The number of para-hydroxylation sites is 1. The van der Waals surface area contributed by atoms with Crippen molar-refractivity contribution < 1.29 is 9.13 Å². The molecule has 0 saturated heterocycles. The smallest absolute Gasteiger partial charge is 0.129 e. The Balaban J connectivity index is 1.60. The van der Waals surface area contributed by atoms with Crippen molar-refractivity contribution in [1.29, 1.82) is 0 Å². The fraction of sp³-hybridized carbons (Fsp3) is 0.250. The van der Waals surface area contributed by atoms with Crippen molar-refractivity contribution in [3.05, 3.63) is 95.3 Å². The largest absolute Gasteiger partial charge is 0.488 e. The van der Waals surface area contributed by atoms with Gasteiger partial charge in [-0.1, -0.05) is 61.9 Å². The van der Waals surface area contributed by atoms with Gasteiger partial charge in [0.25, 0.3) is 0 Å². The molecule has 0 amide bonds. The van der Waals surface area contributed by atoms with Gasteiger partial charge in [-0.15, -0.1) is 0 Å². The van der Waals surface area contributed by atoms with E-state index in [1.807, 2.05) is 30.3 Å². The van der Waals surface area contributed by atoms with Gasteiger partial charge in [0.15, 0.2) is 0 Å². The summed E-state index contributed by atoms with van der Waals surface area (Å²) in [6.45, 7) is 3.08. The van der Waals surface area contributed by atoms with E-state index in [0.717, 1.165) is 23.4 Å². The number of nitrogens with one attached hydrogen (secondary N) is 1. The van der Waals surface area contributed by atoms with Gasteiger partial charge in [0.05, 0.1) is 0 Å². The maximum atomic E-state index is 13.8. The Hall–Kier alpha value is -2.81. The Morgan fingerprint density at radius 3 is 2.30 bits per heavy atom. The summed E-state index contributed by atoms with van der Waals surface area (Å²) < 4.78 is 19.7. The van der Waals surface area contributed by atoms with Gasteiger partial charge in [-0.05, 0) is 42.7 Å². The zero-order valence-electron chi connectivity index (χ0n) is 15.7. The molecule has 0 bridgehead atoms. The van der Waals surface area contributed by atoms with Crippen molar-refractivity contribution in [3.63, 3.8) is 0 Å². The molecule has 0 radical (unpaired) electrons. The van der Waals surface area contributed by atoms with E-state index >= 15 is 0 Å². The lowest BCUT2D eigenvalue weighted by Gasteiger charge is -2.13. The molecule has 0 aliphatic heterocycles. The third-order valence-electron chi connectivity index (χ3n) is 4.57. The number of halogens is 1. The van der Waals surface area contributed by atoms with Crippen molar-refractivity contribution in [1.82, 2.24) is 0 Å². The van der Waals surface area contributed by atoms with Gasteiger partial charge in [-0.3, -0.25) is 0 Å². The maximum Gasteiger partial charge on any atom is 0.129 e. The van der Waals surface area contributed by atoms with E-state index in [9.17, 15) is 4.39 Å². The first kappa shape index (κ1) is 19.0. The highest BCUT2D eigenvalue weighted by Gasteiger charge is 2.06. The molecule has 0 saturated carbocycles. The zero-order chi connectivity index (χ0) is 18.9. The number of ether oxygens (including phenoxy) is 1. The van der Waals surface area contributed by atoms with Crippen molar-refractivity contribution in [3.8, 4) is 5.75 Å². The van der Waals surface area contributed by atoms with E-state index in [-0.39, 0.29) is 12.4 Å². The van der Waals surface area contributed by atoms with Crippen LogP contribution in [0.5, 0.6) is 5.75 Å². The van der Waals surface area contributed by atoms with Crippen LogP contribution in [0.25, 0.3) is 0 Å². The summed E-state index contributed by atoms with van der Waals surface area (Å²) >= 11 is 0. The van der Waals surface area contributed by atoms with Crippen LogP contribution in [-0.4, -0.2) is 0 Å². The quantitative estimate of drug-likeness (QED) is 0.478. The lowest BCUT2D eigenvalue weighted by Crippen LogP contribution is -2.04. The number of anilines is 1. The van der Waals surface area contributed by atoms with Crippen LogP contribution < -0.4 is 10.1 Å². The highest BCUT2D eigenvalue weighted by Crippen LogP contribution is 2.22. The molecule has 0 aromatic heterocycles. The van der Waals surface area contributed by atoms with E-state index < -0.39 is 0 Å². The number of rotatable bonds is 9. The second-order valence-corrected chi connectivity index (χ2v) is 6.64. The predicted molar refractivity (Wildman–Crippen MR) is 110 cm³/mol. The lowest BCUT2D eigenvalue weighted by atomic mass is 10.1. The molecule has 2 nitrogen and oxygen atoms in total. The molecule has 3 rings (SSSR count). The molecule has 0 heterocycles. The predicted octanol–water partition coefficient (Wildman–Crippen LogP) is 6.36. The van der Waals surface area contributed by atoms with Crippen molar-refractivity contribution in [2.24, 2.45) is 0 Å². The minimum absolute atomic E-state index is 0.218. The van der Waals surface area contributed by atoms with Gasteiger partial charge < -0.3 is 10.1 Å². The van der Waals surface area contributed by atoms with Gasteiger partial charge >= 0.3 is 0 Å². The average Bonchev–Trinajstić information content (AvgIpc) is 2.71. The maximum absolute atomic E-state index is 13.8. The van der Waals surface area contributed by atoms with Crippen LogP contribution in [0.3, 0.4) is 0 Å². The topological polar surface area (TPSA) is 21.3 Å². The van der Waals surface area contributed by atoms with Crippen LogP contribution in [0.2, 0.25) is 0 Å². The van der Waals surface area contributed by atoms with Crippen molar-refractivity contribution in [2.45, 2.75) is 39.3 Å².